The lowest BCUT2D eigenvalue weighted by molar-refractivity contribution is 0.0674. The predicted octanol–water partition coefficient (Wildman–Crippen LogP) is 0.771. The summed E-state index contributed by atoms with van der Waals surface area (Å²) in [5.41, 5.74) is -0.121. The van der Waals surface area contributed by atoms with Crippen LogP contribution in [0.2, 0.25) is 0 Å². The number of hydrogen-bond acceptors (Lipinski definition) is 4. The highest BCUT2D eigenvalue weighted by atomic mass is 16.4. The highest BCUT2D eigenvalue weighted by molar-refractivity contribution is 5.88. The van der Waals surface area contributed by atoms with E-state index < -0.39 is 5.97 Å². The van der Waals surface area contributed by atoms with Crippen molar-refractivity contribution in [1.82, 2.24) is 14.7 Å². The molecule has 1 saturated heterocycles. The van der Waals surface area contributed by atoms with Gasteiger partial charge < -0.3 is 15.1 Å². The fourth-order valence-corrected chi connectivity index (χ4v) is 2.31. The number of piperidine rings is 1. The van der Waals surface area contributed by atoms with Gasteiger partial charge in [0.25, 0.3) is 0 Å². The van der Waals surface area contributed by atoms with Gasteiger partial charge in [0, 0.05) is 6.04 Å². The number of nitrogens with zero attached hydrogens (tertiary/aromatic N) is 3. The first-order valence-corrected chi connectivity index (χ1v) is 5.78. The van der Waals surface area contributed by atoms with Gasteiger partial charge in [-0.05, 0) is 26.4 Å². The number of aromatic carboxylic acids is 1. The number of likely N-dealkylation sites (N-methyl/N-ethyl adjacent to an activating group) is 1. The van der Waals surface area contributed by atoms with E-state index in [4.69, 9.17) is 5.11 Å². The third-order valence-corrected chi connectivity index (χ3v) is 3.33. The lowest BCUT2D eigenvalue weighted by Crippen LogP contribution is -2.39. The molecule has 6 heteroatoms. The van der Waals surface area contributed by atoms with Gasteiger partial charge >= 0.3 is 5.97 Å². The minimum absolute atomic E-state index is 0.121. The lowest BCUT2D eigenvalue weighted by atomic mass is 10.0. The largest absolute Gasteiger partial charge is 0.504 e. The fourth-order valence-electron chi connectivity index (χ4n) is 2.31. The van der Waals surface area contributed by atoms with Crippen molar-refractivity contribution in [3.8, 4) is 5.75 Å². The Morgan fingerprint density at radius 2 is 2.35 bits per heavy atom. The first kappa shape index (κ1) is 11.9. The molecule has 1 aliphatic rings. The molecule has 0 aromatic carbocycles. The quantitative estimate of drug-likeness (QED) is 0.814. The van der Waals surface area contributed by atoms with E-state index in [-0.39, 0.29) is 11.4 Å². The van der Waals surface area contributed by atoms with Gasteiger partial charge in [-0.25, -0.2) is 4.79 Å². The van der Waals surface area contributed by atoms with E-state index in [0.717, 1.165) is 19.4 Å². The maximum Gasteiger partial charge on any atom is 0.358 e. The predicted molar refractivity (Wildman–Crippen MR) is 61.1 cm³/mol. The second-order valence-corrected chi connectivity index (χ2v) is 4.50. The Morgan fingerprint density at radius 3 is 3.00 bits per heavy atom. The number of carbonyl (C=O) groups is 1. The minimum atomic E-state index is -1.14. The average Bonchev–Trinajstić information content (AvgIpc) is 2.63. The summed E-state index contributed by atoms with van der Waals surface area (Å²) in [6, 6.07) is 0.293. The molecule has 1 aromatic heterocycles. The molecule has 1 unspecified atom stereocenters. The first-order chi connectivity index (χ1) is 8.09. The summed E-state index contributed by atoms with van der Waals surface area (Å²) >= 11 is 0. The van der Waals surface area contributed by atoms with Crippen molar-refractivity contribution in [2.24, 2.45) is 0 Å². The maximum atomic E-state index is 11.0. The Hall–Kier alpha value is -1.56. The number of likely N-dealkylation sites (tertiary alicyclic amines) is 1. The van der Waals surface area contributed by atoms with Crippen molar-refractivity contribution in [1.29, 1.82) is 0 Å². The Morgan fingerprint density at radius 1 is 1.59 bits per heavy atom. The maximum absolute atomic E-state index is 11.0. The first-order valence-electron chi connectivity index (χ1n) is 5.78. The summed E-state index contributed by atoms with van der Waals surface area (Å²) < 4.78 is 1.38. The molecule has 2 rings (SSSR count). The second kappa shape index (κ2) is 4.75. The monoisotopic (exact) mass is 239 g/mol. The molecule has 0 spiro atoms. The van der Waals surface area contributed by atoms with Gasteiger partial charge in [0.1, 0.15) is 0 Å². The number of hydrogen-bond donors (Lipinski definition) is 2. The number of aromatic nitrogens is 2. The second-order valence-electron chi connectivity index (χ2n) is 4.50. The normalized spacial score (nSPS) is 21.6. The van der Waals surface area contributed by atoms with Crippen molar-refractivity contribution in [2.45, 2.75) is 31.8 Å². The summed E-state index contributed by atoms with van der Waals surface area (Å²) in [6.45, 7) is 1.54. The average molecular weight is 239 g/mol. The zero-order chi connectivity index (χ0) is 12.4. The highest BCUT2D eigenvalue weighted by Crippen LogP contribution is 2.20. The fraction of sp³-hybridized carbons (Fsp3) is 0.636. The zero-order valence-corrected chi connectivity index (χ0v) is 9.83. The van der Waals surface area contributed by atoms with E-state index in [1.807, 2.05) is 7.05 Å². The number of aromatic hydroxyl groups is 1. The smallest absolute Gasteiger partial charge is 0.358 e. The van der Waals surface area contributed by atoms with Gasteiger partial charge in [0.05, 0.1) is 12.7 Å². The van der Waals surface area contributed by atoms with Gasteiger partial charge in [0.15, 0.2) is 11.4 Å². The van der Waals surface area contributed by atoms with E-state index in [0.29, 0.717) is 12.6 Å². The van der Waals surface area contributed by atoms with E-state index in [1.165, 1.54) is 17.3 Å². The molecule has 0 aliphatic carbocycles. The van der Waals surface area contributed by atoms with E-state index in [9.17, 15) is 9.90 Å². The van der Waals surface area contributed by atoms with Gasteiger partial charge in [-0.2, -0.15) is 5.10 Å². The van der Waals surface area contributed by atoms with Crippen LogP contribution in [-0.4, -0.2) is 50.5 Å². The minimum Gasteiger partial charge on any atom is -0.504 e. The zero-order valence-electron chi connectivity index (χ0n) is 9.83. The van der Waals surface area contributed by atoms with Crippen molar-refractivity contribution in [3.05, 3.63) is 11.9 Å². The van der Waals surface area contributed by atoms with E-state index in [2.05, 4.69) is 10.00 Å². The molecule has 1 aliphatic heterocycles. The standard InChI is InChI=1S/C11H17N3O3/c1-13-5-3-2-4-8(13)7-14-10(11(16)17)9(15)6-12-14/h6,8,15H,2-5,7H2,1H3,(H,16,17). The molecular formula is C11H17N3O3. The van der Waals surface area contributed by atoms with Crippen molar-refractivity contribution in [3.63, 3.8) is 0 Å². The third-order valence-electron chi connectivity index (χ3n) is 3.33. The molecule has 1 atom stereocenters. The Labute approximate surface area is 99.5 Å². The number of carboxylic acid groups (broad SMARTS) is 1. The van der Waals surface area contributed by atoms with Gasteiger partial charge in [-0.1, -0.05) is 6.42 Å². The van der Waals surface area contributed by atoms with Crippen LogP contribution >= 0.6 is 0 Å². The van der Waals surface area contributed by atoms with Crippen LogP contribution in [0.5, 0.6) is 5.75 Å². The molecule has 94 valence electrons. The van der Waals surface area contributed by atoms with Crippen LogP contribution in [0.25, 0.3) is 0 Å². The van der Waals surface area contributed by atoms with Crippen molar-refractivity contribution >= 4 is 5.97 Å². The summed E-state index contributed by atoms with van der Waals surface area (Å²) in [6.07, 6.45) is 4.57. The Kier molecular flexibility index (Phi) is 3.33. The Balaban J connectivity index is 2.15. The molecule has 1 aromatic rings. The molecular weight excluding hydrogens is 222 g/mol. The van der Waals surface area contributed by atoms with Crippen molar-refractivity contribution in [2.75, 3.05) is 13.6 Å². The summed E-state index contributed by atoms with van der Waals surface area (Å²) in [5, 5.41) is 22.3. The molecule has 0 saturated carbocycles. The van der Waals surface area contributed by atoms with E-state index in [1.54, 1.807) is 0 Å². The summed E-state index contributed by atoms with van der Waals surface area (Å²) in [4.78, 5) is 13.2. The van der Waals surface area contributed by atoms with Crippen LogP contribution < -0.4 is 0 Å². The van der Waals surface area contributed by atoms with Crippen molar-refractivity contribution < 1.29 is 15.0 Å². The molecule has 0 bridgehead atoms. The highest BCUT2D eigenvalue weighted by Gasteiger charge is 2.23. The SMILES string of the molecule is CN1CCCCC1Cn1ncc(O)c1C(=O)O. The third kappa shape index (κ3) is 2.41. The van der Waals surface area contributed by atoms with Gasteiger partial charge in [-0.3, -0.25) is 4.68 Å². The summed E-state index contributed by atoms with van der Waals surface area (Å²) in [7, 11) is 2.04. The van der Waals surface area contributed by atoms with Gasteiger partial charge in [0.2, 0.25) is 0 Å². The number of carboxylic acids is 1. The number of rotatable bonds is 3. The van der Waals surface area contributed by atoms with Crippen LogP contribution in [0.3, 0.4) is 0 Å². The molecule has 2 N–H and O–H groups in total. The molecule has 2 heterocycles. The van der Waals surface area contributed by atoms with E-state index >= 15 is 0 Å². The van der Waals surface area contributed by atoms with Gasteiger partial charge in [-0.15, -0.1) is 0 Å². The lowest BCUT2D eigenvalue weighted by Gasteiger charge is -2.32. The van der Waals surface area contributed by atoms with Crippen LogP contribution in [0.4, 0.5) is 0 Å². The topological polar surface area (TPSA) is 78.6 Å². The molecule has 17 heavy (non-hydrogen) atoms. The van der Waals surface area contributed by atoms with Crippen LogP contribution in [-0.2, 0) is 6.54 Å². The Bertz CT molecular complexity index is 416. The van der Waals surface area contributed by atoms with Crippen LogP contribution in [0.1, 0.15) is 29.8 Å². The molecule has 6 nitrogen and oxygen atoms in total. The summed E-state index contributed by atoms with van der Waals surface area (Å²) in [5.74, 6) is -1.41. The molecule has 1 fully saturated rings. The van der Waals surface area contributed by atoms with Crippen LogP contribution in [0.15, 0.2) is 6.20 Å². The van der Waals surface area contributed by atoms with Crippen LogP contribution in [0, 0.1) is 0 Å². The molecule has 0 amide bonds. The molecule has 0 radical (unpaired) electrons.